The highest BCUT2D eigenvalue weighted by molar-refractivity contribution is 9.10. The fourth-order valence-corrected chi connectivity index (χ4v) is 4.70. The maximum Gasteiger partial charge on any atom is 0.251 e. The van der Waals surface area contributed by atoms with Gasteiger partial charge >= 0.3 is 0 Å². The third kappa shape index (κ3) is 5.10. The van der Waals surface area contributed by atoms with Crippen molar-refractivity contribution < 1.29 is 9.13 Å². The van der Waals surface area contributed by atoms with Crippen LogP contribution in [-0.4, -0.2) is 21.4 Å². The normalized spacial score (nSPS) is 12.5. The molecule has 0 saturated heterocycles. The van der Waals surface area contributed by atoms with Crippen molar-refractivity contribution in [1.29, 1.82) is 0 Å². The molecule has 0 spiro atoms. The third-order valence-corrected chi connectivity index (χ3v) is 6.20. The predicted octanol–water partition coefficient (Wildman–Crippen LogP) is 6.00. The summed E-state index contributed by atoms with van der Waals surface area (Å²) in [5.74, 6) is 0.227. The molecule has 7 heteroatoms. The van der Waals surface area contributed by atoms with Crippen LogP contribution in [0, 0.1) is 5.82 Å². The van der Waals surface area contributed by atoms with Gasteiger partial charge in [0.15, 0.2) is 0 Å². The van der Waals surface area contributed by atoms with E-state index in [0.717, 1.165) is 33.5 Å². The van der Waals surface area contributed by atoms with Gasteiger partial charge in [-0.1, -0.05) is 28.1 Å². The van der Waals surface area contributed by atoms with E-state index in [1.165, 1.54) is 12.1 Å². The highest BCUT2D eigenvalue weighted by atomic mass is 79.9. The first-order chi connectivity index (χ1) is 16.9. The van der Waals surface area contributed by atoms with Gasteiger partial charge in [0.05, 0.1) is 24.9 Å². The van der Waals surface area contributed by atoms with E-state index < -0.39 is 0 Å². The minimum Gasteiger partial charge on any atom is -0.475 e. The summed E-state index contributed by atoms with van der Waals surface area (Å²) >= 11 is 3.30. The van der Waals surface area contributed by atoms with Crippen LogP contribution >= 0.6 is 15.9 Å². The van der Waals surface area contributed by atoms with Gasteiger partial charge in [-0.3, -0.25) is 9.79 Å². The fraction of sp³-hybridized carbons (Fsp3) is 0.179. The smallest absolute Gasteiger partial charge is 0.251 e. The molecule has 1 aliphatic rings. The number of nitrogens with zero attached hydrogens (tertiary/aromatic N) is 3. The standard InChI is InChI=1S/C28H23BrFN3O2/c1-17(2)35-26-12-21(5-7-31-26)28-25-11-19(3-4-22(25)15-32-28)20-6-8-33(27(34)13-20)16-18-9-23(29)14-24(30)10-18/h3-14,17H,15-16H2,1-2H3. The van der Waals surface area contributed by atoms with E-state index in [-0.39, 0.29) is 17.5 Å². The maximum absolute atomic E-state index is 13.7. The lowest BCUT2D eigenvalue weighted by atomic mass is 9.96. The van der Waals surface area contributed by atoms with Gasteiger partial charge in [0, 0.05) is 40.1 Å². The highest BCUT2D eigenvalue weighted by Gasteiger charge is 2.19. The summed E-state index contributed by atoms with van der Waals surface area (Å²) in [5, 5.41) is 0. The largest absolute Gasteiger partial charge is 0.475 e. The number of benzene rings is 2. The molecule has 0 unspecified atom stereocenters. The zero-order valence-electron chi connectivity index (χ0n) is 19.3. The second kappa shape index (κ2) is 9.58. The molecule has 1 aliphatic heterocycles. The molecule has 0 aliphatic carbocycles. The number of aliphatic imine (C=N–C) groups is 1. The van der Waals surface area contributed by atoms with Crippen molar-refractivity contribution in [2.24, 2.45) is 4.99 Å². The van der Waals surface area contributed by atoms with Gasteiger partial charge in [0.1, 0.15) is 5.82 Å². The van der Waals surface area contributed by atoms with Crippen LogP contribution in [0.25, 0.3) is 11.1 Å². The average molecular weight is 532 g/mol. The van der Waals surface area contributed by atoms with Crippen LogP contribution in [0.1, 0.15) is 36.1 Å². The van der Waals surface area contributed by atoms with Crippen molar-refractivity contribution in [2.75, 3.05) is 0 Å². The summed E-state index contributed by atoms with van der Waals surface area (Å²) < 4.78 is 21.7. The molecule has 35 heavy (non-hydrogen) atoms. The molecule has 2 aromatic carbocycles. The fourth-order valence-electron chi connectivity index (χ4n) is 4.19. The van der Waals surface area contributed by atoms with Crippen molar-refractivity contribution in [3.63, 3.8) is 0 Å². The number of halogens is 2. The van der Waals surface area contributed by atoms with Gasteiger partial charge in [0.2, 0.25) is 5.88 Å². The molecule has 0 atom stereocenters. The Bertz CT molecular complexity index is 1490. The van der Waals surface area contributed by atoms with Crippen LogP contribution in [0.5, 0.6) is 5.88 Å². The molecule has 5 nitrogen and oxygen atoms in total. The van der Waals surface area contributed by atoms with E-state index in [1.54, 1.807) is 23.0 Å². The Kier molecular flexibility index (Phi) is 6.34. The number of ether oxygens (including phenoxy) is 1. The number of fused-ring (bicyclic) bond motifs is 1. The molecular weight excluding hydrogens is 509 g/mol. The lowest BCUT2D eigenvalue weighted by Crippen LogP contribution is -2.19. The minimum absolute atomic E-state index is 0.0340. The quantitative estimate of drug-likeness (QED) is 0.306. The first-order valence-corrected chi connectivity index (χ1v) is 12.1. The summed E-state index contributed by atoms with van der Waals surface area (Å²) in [5.41, 5.74) is 6.33. The number of hydrogen-bond acceptors (Lipinski definition) is 4. The molecule has 0 saturated carbocycles. The predicted molar refractivity (Wildman–Crippen MR) is 139 cm³/mol. The first kappa shape index (κ1) is 23.2. The van der Waals surface area contributed by atoms with Crippen LogP contribution in [0.4, 0.5) is 4.39 Å². The van der Waals surface area contributed by atoms with Crippen molar-refractivity contribution in [1.82, 2.24) is 9.55 Å². The number of pyridine rings is 2. The summed E-state index contributed by atoms with van der Waals surface area (Å²) in [6, 6.07) is 18.1. The second-order valence-corrected chi connectivity index (χ2v) is 9.66. The second-order valence-electron chi connectivity index (χ2n) is 8.75. The molecule has 0 radical (unpaired) electrons. The highest BCUT2D eigenvalue weighted by Crippen LogP contribution is 2.29. The average Bonchev–Trinajstić information content (AvgIpc) is 3.23. The van der Waals surface area contributed by atoms with E-state index in [2.05, 4.69) is 33.0 Å². The van der Waals surface area contributed by atoms with Crippen molar-refractivity contribution in [2.45, 2.75) is 33.0 Å². The van der Waals surface area contributed by atoms with Crippen LogP contribution < -0.4 is 10.3 Å². The Balaban J connectivity index is 1.43. The SMILES string of the molecule is CC(C)Oc1cc(C2=NCc3ccc(-c4ccn(Cc5cc(F)cc(Br)c5)c(=O)c4)cc32)ccn1. The molecule has 3 heterocycles. The Labute approximate surface area is 211 Å². The zero-order valence-corrected chi connectivity index (χ0v) is 20.9. The zero-order chi connectivity index (χ0) is 24.5. The van der Waals surface area contributed by atoms with Crippen LogP contribution in [0.15, 0.2) is 87.3 Å². The van der Waals surface area contributed by atoms with Gasteiger partial charge in [-0.2, -0.15) is 0 Å². The Morgan fingerprint density at radius 3 is 2.63 bits per heavy atom. The van der Waals surface area contributed by atoms with Gasteiger partial charge in [-0.15, -0.1) is 0 Å². The number of rotatable bonds is 6. The van der Waals surface area contributed by atoms with Crippen LogP contribution in [0.2, 0.25) is 0 Å². The number of aromatic nitrogens is 2. The lowest BCUT2D eigenvalue weighted by molar-refractivity contribution is 0.232. The molecule has 176 valence electrons. The summed E-state index contributed by atoms with van der Waals surface area (Å²) in [6.07, 6.45) is 3.51. The van der Waals surface area contributed by atoms with Gasteiger partial charge < -0.3 is 9.30 Å². The summed E-state index contributed by atoms with van der Waals surface area (Å²) in [7, 11) is 0. The molecule has 2 aromatic heterocycles. The van der Waals surface area contributed by atoms with Crippen molar-refractivity contribution in [3.8, 4) is 17.0 Å². The van der Waals surface area contributed by atoms with Crippen molar-refractivity contribution in [3.05, 3.63) is 116 Å². The Morgan fingerprint density at radius 1 is 1.03 bits per heavy atom. The molecule has 4 aromatic rings. The Hall–Kier alpha value is -3.58. The van der Waals surface area contributed by atoms with E-state index in [4.69, 9.17) is 9.73 Å². The monoisotopic (exact) mass is 531 g/mol. The summed E-state index contributed by atoms with van der Waals surface area (Å²) in [6.45, 7) is 4.83. The third-order valence-electron chi connectivity index (χ3n) is 5.74. The first-order valence-electron chi connectivity index (χ1n) is 11.3. The Morgan fingerprint density at radius 2 is 1.86 bits per heavy atom. The van der Waals surface area contributed by atoms with Gasteiger partial charge in [-0.05, 0) is 72.5 Å². The van der Waals surface area contributed by atoms with E-state index in [0.29, 0.717) is 29.0 Å². The van der Waals surface area contributed by atoms with Crippen LogP contribution in [-0.2, 0) is 13.1 Å². The van der Waals surface area contributed by atoms with Gasteiger partial charge in [-0.25, -0.2) is 9.37 Å². The molecule has 0 fully saturated rings. The van der Waals surface area contributed by atoms with E-state index in [9.17, 15) is 9.18 Å². The molecule has 0 bridgehead atoms. The van der Waals surface area contributed by atoms with Crippen molar-refractivity contribution >= 4 is 21.6 Å². The molecule has 0 N–H and O–H groups in total. The molecule has 0 amide bonds. The van der Waals surface area contributed by atoms with Crippen LogP contribution in [0.3, 0.4) is 0 Å². The molecular formula is C28H23BrFN3O2. The van der Waals surface area contributed by atoms with E-state index in [1.807, 2.05) is 44.2 Å². The maximum atomic E-state index is 13.7. The summed E-state index contributed by atoms with van der Waals surface area (Å²) in [4.78, 5) is 21.9. The minimum atomic E-state index is -0.341. The topological polar surface area (TPSA) is 56.5 Å². The number of hydrogen-bond donors (Lipinski definition) is 0. The lowest BCUT2D eigenvalue weighted by Gasteiger charge is -2.12. The molecule has 5 rings (SSSR count). The van der Waals surface area contributed by atoms with E-state index >= 15 is 0 Å². The van der Waals surface area contributed by atoms with Gasteiger partial charge in [0.25, 0.3) is 5.56 Å².